The van der Waals surface area contributed by atoms with Gasteiger partial charge in [0, 0.05) is 6.04 Å². The Morgan fingerprint density at radius 3 is 2.42 bits per heavy atom. The lowest BCUT2D eigenvalue weighted by Gasteiger charge is -2.16. The van der Waals surface area contributed by atoms with Crippen LogP contribution < -0.4 is 15.2 Å². The first kappa shape index (κ1) is 17.8. The van der Waals surface area contributed by atoms with Crippen LogP contribution in [0.2, 0.25) is 5.02 Å². The number of nitrogens with two attached hydrogens (primary N) is 1. The molecule has 0 unspecified atom stereocenters. The summed E-state index contributed by atoms with van der Waals surface area (Å²) in [4.78, 5) is 11.2. The molecule has 0 aliphatic carbocycles. The summed E-state index contributed by atoms with van der Waals surface area (Å²) in [5.41, 5.74) is 6.52. The van der Waals surface area contributed by atoms with Gasteiger partial charge >= 0.3 is 5.97 Å². The topological polar surface area (TPSA) is 70.8 Å². The third-order valence-corrected chi connectivity index (χ3v) is 2.92. The molecule has 1 rings (SSSR count). The Labute approximate surface area is 123 Å². The van der Waals surface area contributed by atoms with Gasteiger partial charge in [-0.25, -0.2) is 0 Å². The minimum Gasteiger partial charge on any atom is -0.493 e. The summed E-state index contributed by atoms with van der Waals surface area (Å²) in [6, 6.07) is 2.85. The molecule has 0 bridgehead atoms. The second-order valence-electron chi connectivity index (χ2n) is 3.59. The number of rotatable bonds is 5. The Balaban J connectivity index is 0.00000324. The Kier molecular flexibility index (Phi) is 7.59. The third-order valence-electron chi connectivity index (χ3n) is 2.53. The van der Waals surface area contributed by atoms with E-state index in [4.69, 9.17) is 26.8 Å². The summed E-state index contributed by atoms with van der Waals surface area (Å²) in [5, 5.41) is 0.341. The molecule has 0 amide bonds. The third kappa shape index (κ3) is 4.16. The van der Waals surface area contributed by atoms with Crippen LogP contribution in [-0.4, -0.2) is 27.3 Å². The van der Waals surface area contributed by atoms with Gasteiger partial charge in [0.25, 0.3) is 0 Å². The van der Waals surface area contributed by atoms with Gasteiger partial charge in [-0.15, -0.1) is 12.4 Å². The number of esters is 1. The lowest BCUT2D eigenvalue weighted by molar-refractivity contribution is -0.141. The number of hydrogen-bond donors (Lipinski definition) is 1. The standard InChI is InChI=1S/C12H16ClNO4.ClH/c1-16-9-5-4-7(11(13)12(9)18-3)8(14)6-10(15)17-2;/h4-5,8H,6,14H2,1-3H3;1H/t8-;/m0./s1. The maximum absolute atomic E-state index is 11.2. The molecule has 2 N–H and O–H groups in total. The summed E-state index contributed by atoms with van der Waals surface area (Å²) in [6.07, 6.45) is 0.0473. The Morgan fingerprint density at radius 2 is 1.95 bits per heavy atom. The number of ether oxygens (including phenoxy) is 3. The van der Waals surface area contributed by atoms with Crippen molar-refractivity contribution in [2.75, 3.05) is 21.3 Å². The zero-order valence-corrected chi connectivity index (χ0v) is 12.5. The number of hydrogen-bond acceptors (Lipinski definition) is 5. The van der Waals surface area contributed by atoms with Gasteiger partial charge < -0.3 is 19.9 Å². The Morgan fingerprint density at radius 1 is 1.32 bits per heavy atom. The number of carbonyl (C=O) groups excluding carboxylic acids is 1. The van der Waals surface area contributed by atoms with Gasteiger partial charge in [0.15, 0.2) is 11.5 Å². The van der Waals surface area contributed by atoms with Crippen molar-refractivity contribution in [1.82, 2.24) is 0 Å². The van der Waals surface area contributed by atoms with Crippen LogP contribution in [0.3, 0.4) is 0 Å². The van der Waals surface area contributed by atoms with Crippen molar-refractivity contribution >= 4 is 30.0 Å². The van der Waals surface area contributed by atoms with Gasteiger partial charge in [-0.2, -0.15) is 0 Å². The smallest absolute Gasteiger partial charge is 0.307 e. The number of carbonyl (C=O) groups is 1. The van der Waals surface area contributed by atoms with E-state index in [0.29, 0.717) is 22.1 Å². The highest BCUT2D eigenvalue weighted by Crippen LogP contribution is 2.39. The lowest BCUT2D eigenvalue weighted by atomic mass is 10.0. The van der Waals surface area contributed by atoms with Crippen molar-refractivity contribution < 1.29 is 19.0 Å². The van der Waals surface area contributed by atoms with E-state index in [-0.39, 0.29) is 18.8 Å². The van der Waals surface area contributed by atoms with Gasteiger partial charge in [-0.05, 0) is 11.6 Å². The zero-order chi connectivity index (χ0) is 13.7. The van der Waals surface area contributed by atoms with Gasteiger partial charge in [0.1, 0.15) is 0 Å². The first-order valence-electron chi connectivity index (χ1n) is 5.27. The van der Waals surface area contributed by atoms with Crippen LogP contribution in [0.4, 0.5) is 0 Å². The Hall–Kier alpha value is -1.17. The fourth-order valence-corrected chi connectivity index (χ4v) is 1.94. The monoisotopic (exact) mass is 309 g/mol. The average Bonchev–Trinajstić information content (AvgIpc) is 2.37. The van der Waals surface area contributed by atoms with E-state index < -0.39 is 12.0 Å². The van der Waals surface area contributed by atoms with Crippen molar-refractivity contribution in [3.63, 3.8) is 0 Å². The molecule has 0 fully saturated rings. The Bertz CT molecular complexity index is 440. The fraction of sp³-hybridized carbons (Fsp3) is 0.417. The number of methoxy groups -OCH3 is 3. The van der Waals surface area contributed by atoms with E-state index in [1.54, 1.807) is 12.1 Å². The van der Waals surface area contributed by atoms with Crippen LogP contribution in [0, 0.1) is 0 Å². The van der Waals surface area contributed by atoms with Crippen LogP contribution in [0.15, 0.2) is 12.1 Å². The van der Waals surface area contributed by atoms with Gasteiger partial charge in [-0.1, -0.05) is 17.7 Å². The molecule has 0 spiro atoms. The molecule has 0 saturated carbocycles. The zero-order valence-electron chi connectivity index (χ0n) is 10.9. The SMILES string of the molecule is COC(=O)C[C@H](N)c1ccc(OC)c(OC)c1Cl.Cl. The highest BCUT2D eigenvalue weighted by molar-refractivity contribution is 6.33. The van der Waals surface area contributed by atoms with Gasteiger partial charge in [-0.3, -0.25) is 4.79 Å². The maximum atomic E-state index is 11.2. The van der Waals surface area contributed by atoms with Gasteiger partial charge in [0.2, 0.25) is 0 Å². The first-order valence-corrected chi connectivity index (χ1v) is 5.65. The molecule has 19 heavy (non-hydrogen) atoms. The maximum Gasteiger partial charge on any atom is 0.307 e. The minimum atomic E-state index is -0.551. The van der Waals surface area contributed by atoms with Crippen LogP contribution in [-0.2, 0) is 9.53 Å². The summed E-state index contributed by atoms with van der Waals surface area (Å²) in [5.74, 6) is 0.516. The van der Waals surface area contributed by atoms with Gasteiger partial charge in [0.05, 0.1) is 32.8 Å². The largest absolute Gasteiger partial charge is 0.493 e. The molecule has 0 aromatic heterocycles. The van der Waals surface area contributed by atoms with Crippen molar-refractivity contribution in [3.05, 3.63) is 22.7 Å². The second kappa shape index (κ2) is 8.09. The number of benzene rings is 1. The van der Waals surface area contributed by atoms with Crippen molar-refractivity contribution in [2.24, 2.45) is 5.73 Å². The molecule has 0 heterocycles. The molecule has 0 aliphatic heterocycles. The fourth-order valence-electron chi connectivity index (χ4n) is 1.56. The molecule has 108 valence electrons. The average molecular weight is 310 g/mol. The normalized spacial score (nSPS) is 11.2. The van der Waals surface area contributed by atoms with E-state index in [9.17, 15) is 4.79 Å². The summed E-state index contributed by atoms with van der Waals surface area (Å²) in [7, 11) is 4.31. The molecule has 1 atom stereocenters. The molecule has 1 aromatic rings. The molecular formula is C12H17Cl2NO4. The van der Waals surface area contributed by atoms with Crippen LogP contribution in [0.1, 0.15) is 18.0 Å². The van der Waals surface area contributed by atoms with Crippen LogP contribution in [0.25, 0.3) is 0 Å². The molecule has 1 aromatic carbocycles. The van der Waals surface area contributed by atoms with E-state index >= 15 is 0 Å². The molecule has 0 radical (unpaired) electrons. The second-order valence-corrected chi connectivity index (χ2v) is 3.97. The van der Waals surface area contributed by atoms with E-state index in [1.807, 2.05) is 0 Å². The molecule has 0 aliphatic rings. The quantitative estimate of drug-likeness (QED) is 0.845. The van der Waals surface area contributed by atoms with Crippen molar-refractivity contribution in [2.45, 2.75) is 12.5 Å². The first-order chi connectivity index (χ1) is 8.54. The molecular weight excluding hydrogens is 293 g/mol. The van der Waals surface area contributed by atoms with E-state index in [2.05, 4.69) is 4.74 Å². The predicted molar refractivity (Wildman–Crippen MR) is 75.4 cm³/mol. The highest BCUT2D eigenvalue weighted by atomic mass is 35.5. The summed E-state index contributed by atoms with van der Waals surface area (Å²) >= 11 is 6.18. The van der Waals surface area contributed by atoms with Crippen LogP contribution in [0.5, 0.6) is 11.5 Å². The molecule has 0 saturated heterocycles. The van der Waals surface area contributed by atoms with E-state index in [1.165, 1.54) is 21.3 Å². The molecule has 7 heteroatoms. The minimum absolute atomic E-state index is 0. The summed E-state index contributed by atoms with van der Waals surface area (Å²) < 4.78 is 14.8. The lowest BCUT2D eigenvalue weighted by Crippen LogP contribution is -2.17. The number of halogens is 2. The predicted octanol–water partition coefficient (Wildman–Crippen LogP) is 2.34. The highest BCUT2D eigenvalue weighted by Gasteiger charge is 2.19. The van der Waals surface area contributed by atoms with Crippen LogP contribution >= 0.6 is 24.0 Å². The van der Waals surface area contributed by atoms with Crippen molar-refractivity contribution in [1.29, 1.82) is 0 Å². The van der Waals surface area contributed by atoms with E-state index in [0.717, 1.165) is 0 Å². The summed E-state index contributed by atoms with van der Waals surface area (Å²) in [6.45, 7) is 0. The van der Waals surface area contributed by atoms with Crippen molar-refractivity contribution in [3.8, 4) is 11.5 Å². The molecule has 5 nitrogen and oxygen atoms in total.